The lowest BCUT2D eigenvalue weighted by atomic mass is 9.96. The first-order valence-electron chi connectivity index (χ1n) is 7.20. The summed E-state index contributed by atoms with van der Waals surface area (Å²) in [5.41, 5.74) is 0.931. The Morgan fingerprint density at radius 2 is 2.11 bits per heavy atom. The quantitative estimate of drug-likeness (QED) is 0.857. The molecule has 3 heteroatoms. The van der Waals surface area contributed by atoms with E-state index in [4.69, 9.17) is 16.0 Å². The molecule has 102 valence electrons. The van der Waals surface area contributed by atoms with E-state index in [1.165, 1.54) is 25.7 Å². The summed E-state index contributed by atoms with van der Waals surface area (Å²) >= 11 is 6.04. The number of benzene rings is 1. The van der Waals surface area contributed by atoms with Crippen LogP contribution in [-0.4, -0.2) is 6.54 Å². The molecule has 0 aliphatic heterocycles. The zero-order valence-corrected chi connectivity index (χ0v) is 12.0. The van der Waals surface area contributed by atoms with Crippen LogP contribution in [0.4, 0.5) is 0 Å². The van der Waals surface area contributed by atoms with Crippen molar-refractivity contribution in [3.63, 3.8) is 0 Å². The molecule has 19 heavy (non-hydrogen) atoms. The monoisotopic (exact) mass is 277 g/mol. The van der Waals surface area contributed by atoms with Gasteiger partial charge in [-0.05, 0) is 49.6 Å². The smallest absolute Gasteiger partial charge is 0.134 e. The number of furan rings is 1. The maximum Gasteiger partial charge on any atom is 0.134 e. The van der Waals surface area contributed by atoms with E-state index in [0.29, 0.717) is 12.0 Å². The van der Waals surface area contributed by atoms with Gasteiger partial charge in [0.25, 0.3) is 0 Å². The highest BCUT2D eigenvalue weighted by atomic mass is 35.5. The minimum absolute atomic E-state index is 0.346. The van der Waals surface area contributed by atoms with E-state index < -0.39 is 0 Å². The first kappa shape index (κ1) is 13.0. The highest BCUT2D eigenvalue weighted by Gasteiger charge is 2.28. The molecule has 2 nitrogen and oxygen atoms in total. The Hall–Kier alpha value is -0.990. The number of rotatable bonds is 4. The molecule has 3 rings (SSSR count). The number of hydrogen-bond acceptors (Lipinski definition) is 2. The van der Waals surface area contributed by atoms with Crippen molar-refractivity contribution in [3.8, 4) is 0 Å². The minimum atomic E-state index is 0.346. The summed E-state index contributed by atoms with van der Waals surface area (Å²) in [7, 11) is 0. The Morgan fingerprint density at radius 1 is 1.32 bits per heavy atom. The third-order valence-electron chi connectivity index (χ3n) is 4.10. The Kier molecular flexibility index (Phi) is 3.81. The highest BCUT2D eigenvalue weighted by molar-refractivity contribution is 6.31. The average molecular weight is 278 g/mol. The largest absolute Gasteiger partial charge is 0.459 e. The third kappa shape index (κ3) is 2.65. The molecule has 2 aromatic rings. The number of halogens is 1. The van der Waals surface area contributed by atoms with E-state index in [9.17, 15) is 0 Å². The van der Waals surface area contributed by atoms with Crippen LogP contribution >= 0.6 is 11.6 Å². The molecule has 1 N–H and O–H groups in total. The second-order valence-corrected chi connectivity index (χ2v) is 5.85. The fraction of sp³-hybridized carbons (Fsp3) is 0.500. The summed E-state index contributed by atoms with van der Waals surface area (Å²) in [6.07, 6.45) is 5.29. The van der Waals surface area contributed by atoms with Crippen LogP contribution in [0.25, 0.3) is 11.0 Å². The van der Waals surface area contributed by atoms with Gasteiger partial charge in [-0.25, -0.2) is 0 Å². The Balaban J connectivity index is 1.94. The van der Waals surface area contributed by atoms with Crippen molar-refractivity contribution in [1.82, 2.24) is 5.32 Å². The van der Waals surface area contributed by atoms with E-state index >= 15 is 0 Å². The normalized spacial score (nSPS) is 18.2. The molecular weight excluding hydrogens is 258 g/mol. The Bertz CT molecular complexity index is 557. The SMILES string of the molecule is CCNC(c1cc2cc(Cl)ccc2o1)C1CCCC1. The van der Waals surface area contributed by atoms with Gasteiger partial charge in [0.05, 0.1) is 6.04 Å². The summed E-state index contributed by atoms with van der Waals surface area (Å²) in [5.74, 6) is 1.77. The minimum Gasteiger partial charge on any atom is -0.459 e. The van der Waals surface area contributed by atoms with E-state index in [-0.39, 0.29) is 0 Å². The van der Waals surface area contributed by atoms with Crippen molar-refractivity contribution < 1.29 is 4.42 Å². The van der Waals surface area contributed by atoms with Gasteiger partial charge in [0, 0.05) is 10.4 Å². The third-order valence-corrected chi connectivity index (χ3v) is 4.33. The molecule has 1 aromatic carbocycles. The molecule has 1 aliphatic rings. The van der Waals surface area contributed by atoms with Crippen molar-refractivity contribution in [1.29, 1.82) is 0 Å². The van der Waals surface area contributed by atoms with Gasteiger partial charge < -0.3 is 9.73 Å². The Labute approximate surface area is 119 Å². The van der Waals surface area contributed by atoms with E-state index in [2.05, 4.69) is 18.3 Å². The maximum absolute atomic E-state index is 6.04. The van der Waals surface area contributed by atoms with Crippen LogP contribution in [0.3, 0.4) is 0 Å². The fourth-order valence-corrected chi connectivity index (χ4v) is 3.38. The predicted molar refractivity (Wildman–Crippen MR) is 79.6 cm³/mol. The van der Waals surface area contributed by atoms with Gasteiger partial charge >= 0.3 is 0 Å². The maximum atomic E-state index is 6.04. The Morgan fingerprint density at radius 3 is 2.84 bits per heavy atom. The van der Waals surface area contributed by atoms with Gasteiger partial charge in [0.15, 0.2) is 0 Å². The molecule has 1 aliphatic carbocycles. The first-order chi connectivity index (χ1) is 9.28. The predicted octanol–water partition coefficient (Wildman–Crippen LogP) is 4.93. The topological polar surface area (TPSA) is 25.2 Å². The molecule has 1 aromatic heterocycles. The molecular formula is C16H20ClNO. The summed E-state index contributed by atoms with van der Waals surface area (Å²) in [6, 6.07) is 8.31. The number of nitrogens with one attached hydrogen (secondary N) is 1. The number of fused-ring (bicyclic) bond motifs is 1. The van der Waals surface area contributed by atoms with Crippen LogP contribution in [-0.2, 0) is 0 Å². The lowest BCUT2D eigenvalue weighted by molar-refractivity contribution is 0.324. The van der Waals surface area contributed by atoms with Crippen LogP contribution in [0.2, 0.25) is 5.02 Å². The van der Waals surface area contributed by atoms with E-state index in [1.54, 1.807) is 0 Å². The van der Waals surface area contributed by atoms with Gasteiger partial charge in [0.2, 0.25) is 0 Å². The van der Waals surface area contributed by atoms with Crippen LogP contribution in [0, 0.1) is 5.92 Å². The van der Waals surface area contributed by atoms with E-state index in [1.807, 2.05) is 18.2 Å². The summed E-state index contributed by atoms with van der Waals surface area (Å²) in [4.78, 5) is 0. The molecule has 0 spiro atoms. The van der Waals surface area contributed by atoms with Gasteiger partial charge in [-0.1, -0.05) is 31.4 Å². The summed E-state index contributed by atoms with van der Waals surface area (Å²) in [6.45, 7) is 3.13. The molecule has 0 bridgehead atoms. The summed E-state index contributed by atoms with van der Waals surface area (Å²) in [5, 5.41) is 5.45. The average Bonchev–Trinajstić information content (AvgIpc) is 3.04. The molecule has 1 heterocycles. The summed E-state index contributed by atoms with van der Waals surface area (Å²) < 4.78 is 6.03. The molecule has 1 atom stereocenters. The van der Waals surface area contributed by atoms with Crippen LogP contribution in [0.1, 0.15) is 44.4 Å². The number of hydrogen-bond donors (Lipinski definition) is 1. The van der Waals surface area contributed by atoms with Crippen LogP contribution in [0.15, 0.2) is 28.7 Å². The zero-order chi connectivity index (χ0) is 13.2. The highest BCUT2D eigenvalue weighted by Crippen LogP contribution is 2.37. The molecule has 1 fully saturated rings. The standard InChI is InChI=1S/C16H20ClNO/c1-2-18-16(11-5-3-4-6-11)15-10-12-9-13(17)7-8-14(12)19-15/h7-11,16,18H,2-6H2,1H3. The molecule has 0 saturated heterocycles. The van der Waals surface area contributed by atoms with Crippen molar-refractivity contribution in [2.45, 2.75) is 38.6 Å². The van der Waals surface area contributed by atoms with Crippen molar-refractivity contribution in [3.05, 3.63) is 35.0 Å². The van der Waals surface area contributed by atoms with Gasteiger partial charge in [-0.15, -0.1) is 0 Å². The lowest BCUT2D eigenvalue weighted by Crippen LogP contribution is -2.26. The fourth-order valence-electron chi connectivity index (χ4n) is 3.20. The van der Waals surface area contributed by atoms with Gasteiger partial charge in [-0.3, -0.25) is 0 Å². The molecule has 1 unspecified atom stereocenters. The van der Waals surface area contributed by atoms with Crippen LogP contribution in [0.5, 0.6) is 0 Å². The van der Waals surface area contributed by atoms with Crippen LogP contribution < -0.4 is 5.32 Å². The van der Waals surface area contributed by atoms with Crippen molar-refractivity contribution >= 4 is 22.6 Å². The second kappa shape index (κ2) is 5.56. The van der Waals surface area contributed by atoms with Gasteiger partial charge in [-0.2, -0.15) is 0 Å². The van der Waals surface area contributed by atoms with Crippen molar-refractivity contribution in [2.75, 3.05) is 6.54 Å². The van der Waals surface area contributed by atoms with E-state index in [0.717, 1.165) is 28.3 Å². The molecule has 0 amide bonds. The molecule has 0 radical (unpaired) electrons. The second-order valence-electron chi connectivity index (χ2n) is 5.41. The molecule has 1 saturated carbocycles. The first-order valence-corrected chi connectivity index (χ1v) is 7.58. The van der Waals surface area contributed by atoms with Gasteiger partial charge in [0.1, 0.15) is 11.3 Å². The zero-order valence-electron chi connectivity index (χ0n) is 11.3. The lowest BCUT2D eigenvalue weighted by Gasteiger charge is -2.22. The van der Waals surface area contributed by atoms with Crippen molar-refractivity contribution in [2.24, 2.45) is 5.92 Å².